The van der Waals surface area contributed by atoms with Crippen molar-refractivity contribution in [3.8, 4) is 0 Å². The lowest BCUT2D eigenvalue weighted by atomic mass is 10.3. The van der Waals surface area contributed by atoms with Gasteiger partial charge in [-0.15, -0.1) is 0 Å². The summed E-state index contributed by atoms with van der Waals surface area (Å²) in [4.78, 5) is 20.6. The van der Waals surface area contributed by atoms with Crippen LogP contribution in [0.3, 0.4) is 0 Å². The zero-order valence-electron chi connectivity index (χ0n) is 10.9. The van der Waals surface area contributed by atoms with E-state index in [4.69, 9.17) is 0 Å². The van der Waals surface area contributed by atoms with Gasteiger partial charge in [0.1, 0.15) is 0 Å². The van der Waals surface area contributed by atoms with Crippen molar-refractivity contribution in [3.63, 3.8) is 0 Å². The van der Waals surface area contributed by atoms with Gasteiger partial charge >= 0.3 is 0 Å². The summed E-state index contributed by atoms with van der Waals surface area (Å²) in [6.07, 6.45) is 3.31. The van der Waals surface area contributed by atoms with Crippen molar-refractivity contribution < 1.29 is 0 Å². The first kappa shape index (κ1) is 14.0. The maximum Gasteiger partial charge on any atom is 0.267 e. The van der Waals surface area contributed by atoms with E-state index >= 15 is 0 Å². The Morgan fingerprint density at radius 1 is 1.42 bits per heavy atom. The molecule has 0 unspecified atom stereocenters. The third-order valence-corrected chi connectivity index (χ3v) is 3.93. The van der Waals surface area contributed by atoms with E-state index in [2.05, 4.69) is 15.3 Å². The third-order valence-electron chi connectivity index (χ3n) is 2.69. The number of aromatic nitrogens is 3. The molecule has 0 aromatic carbocycles. The molecule has 0 saturated carbocycles. The normalized spacial score (nSPS) is 10.5. The van der Waals surface area contributed by atoms with Gasteiger partial charge in [-0.3, -0.25) is 14.3 Å². The van der Waals surface area contributed by atoms with Crippen molar-refractivity contribution in [1.82, 2.24) is 14.5 Å². The largest absolute Gasteiger partial charge is 0.385 e. The topological polar surface area (TPSA) is 59.8 Å². The first-order chi connectivity index (χ1) is 9.11. The lowest BCUT2D eigenvalue weighted by Crippen LogP contribution is -2.24. The summed E-state index contributed by atoms with van der Waals surface area (Å²) in [6.45, 7) is 5.16. The lowest BCUT2D eigenvalue weighted by Gasteiger charge is -2.08. The van der Waals surface area contributed by atoms with Gasteiger partial charge in [-0.25, -0.2) is 4.98 Å². The number of aryl methyl sites for hydroxylation is 1. The van der Waals surface area contributed by atoms with E-state index in [-0.39, 0.29) is 5.56 Å². The highest BCUT2D eigenvalue weighted by molar-refractivity contribution is 14.1. The van der Waals surface area contributed by atoms with Gasteiger partial charge in [-0.05, 0) is 48.6 Å². The van der Waals surface area contributed by atoms with Crippen LogP contribution in [0.1, 0.15) is 18.3 Å². The van der Waals surface area contributed by atoms with Crippen molar-refractivity contribution in [1.29, 1.82) is 0 Å². The van der Waals surface area contributed by atoms with Gasteiger partial charge in [-0.2, -0.15) is 0 Å². The summed E-state index contributed by atoms with van der Waals surface area (Å²) in [6, 6.07) is 3.86. The van der Waals surface area contributed by atoms with Crippen LogP contribution < -0.4 is 10.9 Å². The number of hydrogen-bond donors (Lipinski definition) is 1. The van der Waals surface area contributed by atoms with Crippen LogP contribution in [0, 0.1) is 10.5 Å². The second kappa shape index (κ2) is 6.14. The molecule has 0 fully saturated rings. The molecule has 0 bridgehead atoms. The molecule has 0 atom stereocenters. The van der Waals surface area contributed by atoms with Crippen LogP contribution in [0.5, 0.6) is 0 Å². The molecule has 100 valence electrons. The summed E-state index contributed by atoms with van der Waals surface area (Å²) in [5.41, 5.74) is 2.58. The zero-order chi connectivity index (χ0) is 13.8. The van der Waals surface area contributed by atoms with E-state index in [0.29, 0.717) is 10.1 Å². The van der Waals surface area contributed by atoms with Crippen LogP contribution in [-0.2, 0) is 6.54 Å². The fourth-order valence-corrected chi connectivity index (χ4v) is 2.16. The maximum absolute atomic E-state index is 12.1. The zero-order valence-corrected chi connectivity index (χ0v) is 13.0. The van der Waals surface area contributed by atoms with Crippen LogP contribution >= 0.6 is 22.6 Å². The fourth-order valence-electron chi connectivity index (χ4n) is 1.71. The van der Waals surface area contributed by atoms with Gasteiger partial charge in [0.15, 0.2) is 0 Å². The van der Waals surface area contributed by atoms with Crippen molar-refractivity contribution in [3.05, 3.63) is 50.0 Å². The predicted octanol–water partition coefficient (Wildman–Crippen LogP) is 2.03. The van der Waals surface area contributed by atoms with Crippen LogP contribution in [0.25, 0.3) is 0 Å². The number of nitrogens with zero attached hydrogens (tertiary/aromatic N) is 3. The van der Waals surface area contributed by atoms with E-state index in [1.54, 1.807) is 17.1 Å². The van der Waals surface area contributed by atoms with Gasteiger partial charge < -0.3 is 5.32 Å². The van der Waals surface area contributed by atoms with E-state index in [9.17, 15) is 4.79 Å². The monoisotopic (exact) mass is 370 g/mol. The molecule has 0 spiro atoms. The first-order valence-electron chi connectivity index (χ1n) is 6.02. The molecule has 5 nitrogen and oxygen atoms in total. The SMILES string of the molecule is CCNc1ccnc(Cn2cnc(C)c(I)c2=O)c1. The summed E-state index contributed by atoms with van der Waals surface area (Å²) in [5.74, 6) is 0. The fraction of sp³-hybridized carbons (Fsp3) is 0.308. The molecule has 0 aliphatic rings. The molecule has 19 heavy (non-hydrogen) atoms. The highest BCUT2D eigenvalue weighted by atomic mass is 127. The molecule has 2 aromatic rings. The second-order valence-corrected chi connectivity index (χ2v) is 5.22. The van der Waals surface area contributed by atoms with Crippen molar-refractivity contribution in [2.24, 2.45) is 0 Å². The molecule has 0 aliphatic heterocycles. The number of hydrogen-bond acceptors (Lipinski definition) is 4. The molecule has 6 heteroatoms. The van der Waals surface area contributed by atoms with E-state index in [0.717, 1.165) is 23.6 Å². The highest BCUT2D eigenvalue weighted by Crippen LogP contribution is 2.09. The molecule has 1 N–H and O–H groups in total. The molecule has 2 aromatic heterocycles. The Morgan fingerprint density at radius 2 is 2.21 bits per heavy atom. The molecule has 0 saturated heterocycles. The van der Waals surface area contributed by atoms with E-state index in [1.807, 2.05) is 48.6 Å². The lowest BCUT2D eigenvalue weighted by molar-refractivity contribution is 0.708. The Hall–Kier alpha value is -1.44. The average molecular weight is 370 g/mol. The van der Waals surface area contributed by atoms with Gasteiger partial charge in [0.2, 0.25) is 0 Å². The van der Waals surface area contributed by atoms with Crippen LogP contribution in [0.4, 0.5) is 5.69 Å². The second-order valence-electron chi connectivity index (χ2n) is 4.14. The number of rotatable bonds is 4. The van der Waals surface area contributed by atoms with Gasteiger partial charge in [-0.1, -0.05) is 0 Å². The Morgan fingerprint density at radius 3 is 2.95 bits per heavy atom. The Balaban J connectivity index is 2.29. The van der Waals surface area contributed by atoms with Gasteiger partial charge in [0, 0.05) is 18.4 Å². The quantitative estimate of drug-likeness (QED) is 0.837. The number of halogens is 1. The standard InChI is InChI=1S/C13H15IN4O/c1-3-15-10-4-5-16-11(6-10)7-18-8-17-9(2)12(14)13(18)19/h4-6,8H,3,7H2,1-2H3,(H,15,16). The smallest absolute Gasteiger partial charge is 0.267 e. The van der Waals surface area contributed by atoms with Gasteiger partial charge in [0.05, 0.1) is 27.8 Å². The van der Waals surface area contributed by atoms with Gasteiger partial charge in [0.25, 0.3) is 5.56 Å². The van der Waals surface area contributed by atoms with Crippen molar-refractivity contribution in [2.75, 3.05) is 11.9 Å². The number of pyridine rings is 1. The molecular weight excluding hydrogens is 355 g/mol. The first-order valence-corrected chi connectivity index (χ1v) is 7.10. The number of nitrogens with one attached hydrogen (secondary N) is 1. The van der Waals surface area contributed by atoms with Crippen LogP contribution in [-0.4, -0.2) is 21.1 Å². The third kappa shape index (κ3) is 3.31. The minimum Gasteiger partial charge on any atom is -0.385 e. The Kier molecular flexibility index (Phi) is 4.52. The Bertz CT molecular complexity index is 639. The van der Waals surface area contributed by atoms with Crippen molar-refractivity contribution in [2.45, 2.75) is 20.4 Å². The molecule has 2 heterocycles. The predicted molar refractivity (Wildman–Crippen MR) is 83.5 cm³/mol. The summed E-state index contributed by atoms with van der Waals surface area (Å²) in [7, 11) is 0. The summed E-state index contributed by atoms with van der Waals surface area (Å²) >= 11 is 2.03. The number of anilines is 1. The average Bonchev–Trinajstić information content (AvgIpc) is 2.40. The minimum atomic E-state index is -0.0243. The van der Waals surface area contributed by atoms with E-state index < -0.39 is 0 Å². The highest BCUT2D eigenvalue weighted by Gasteiger charge is 2.06. The molecule has 2 rings (SSSR count). The maximum atomic E-state index is 12.1. The summed E-state index contributed by atoms with van der Waals surface area (Å²) < 4.78 is 2.23. The van der Waals surface area contributed by atoms with Crippen molar-refractivity contribution >= 4 is 28.3 Å². The van der Waals surface area contributed by atoms with E-state index in [1.165, 1.54) is 0 Å². The molecule has 0 radical (unpaired) electrons. The molecule has 0 amide bonds. The van der Waals surface area contributed by atoms with Crippen LogP contribution in [0.15, 0.2) is 29.5 Å². The minimum absolute atomic E-state index is 0.0243. The molecule has 0 aliphatic carbocycles. The Labute approximate surface area is 125 Å². The molecular formula is C13H15IN4O. The summed E-state index contributed by atoms with van der Waals surface area (Å²) in [5, 5.41) is 3.22. The van der Waals surface area contributed by atoms with Crippen LogP contribution in [0.2, 0.25) is 0 Å².